The quantitative estimate of drug-likeness (QED) is 0.492. The third kappa shape index (κ3) is 6.36. The van der Waals surface area contributed by atoms with E-state index in [0.29, 0.717) is 6.04 Å². The molecule has 29 heavy (non-hydrogen) atoms. The van der Waals surface area contributed by atoms with E-state index in [1.165, 1.54) is 54.9 Å². The van der Waals surface area contributed by atoms with Gasteiger partial charge in [0, 0.05) is 12.6 Å². The van der Waals surface area contributed by atoms with Gasteiger partial charge in [-0.1, -0.05) is 43.0 Å². The molecule has 0 unspecified atom stereocenters. The van der Waals surface area contributed by atoms with Crippen LogP contribution in [0.1, 0.15) is 65.4 Å². The van der Waals surface area contributed by atoms with Crippen molar-refractivity contribution in [3.05, 3.63) is 41.5 Å². The van der Waals surface area contributed by atoms with Crippen molar-refractivity contribution in [2.75, 3.05) is 6.54 Å². The standard InChI is InChI=1S/C15H28N2O.C7H8O3S/c1-14(2)10-12(15(3,4)17(14)18)11-16-13-8-6-5-7-9-13;1-6-2-4-7(5-3-6)11(8,9)10/h10,13,16,18H,5-9,11H2,1-4H3;2-5H,1H3,(H,8,9,10). The first kappa shape index (κ1) is 24.0. The van der Waals surface area contributed by atoms with Gasteiger partial charge in [0.05, 0.1) is 16.0 Å². The van der Waals surface area contributed by atoms with E-state index in [1.54, 1.807) is 12.1 Å². The van der Waals surface area contributed by atoms with Crippen LogP contribution in [0.15, 0.2) is 40.8 Å². The monoisotopic (exact) mass is 424 g/mol. The Morgan fingerprint density at radius 2 is 1.62 bits per heavy atom. The fourth-order valence-corrected chi connectivity index (χ4v) is 4.54. The maximum atomic E-state index is 10.5. The van der Waals surface area contributed by atoms with Crippen LogP contribution in [0.2, 0.25) is 0 Å². The summed E-state index contributed by atoms with van der Waals surface area (Å²) in [6, 6.07) is 6.66. The number of nitrogens with zero attached hydrogens (tertiary/aromatic N) is 1. The Morgan fingerprint density at radius 3 is 2.07 bits per heavy atom. The molecule has 0 spiro atoms. The molecule has 0 amide bonds. The van der Waals surface area contributed by atoms with Gasteiger partial charge in [0.1, 0.15) is 0 Å². The SMILES string of the molecule is CC1(C)C=C(CNC2CCCCC2)C(C)(C)N1O.Cc1ccc(S(=O)(=O)O)cc1. The van der Waals surface area contributed by atoms with Crippen LogP contribution in [0, 0.1) is 6.92 Å². The van der Waals surface area contributed by atoms with Gasteiger partial charge < -0.3 is 10.5 Å². The molecule has 1 aromatic carbocycles. The lowest BCUT2D eigenvalue weighted by atomic mass is 9.93. The first-order chi connectivity index (χ1) is 13.3. The Morgan fingerprint density at radius 1 is 1.07 bits per heavy atom. The van der Waals surface area contributed by atoms with E-state index in [9.17, 15) is 13.6 Å². The smallest absolute Gasteiger partial charge is 0.294 e. The predicted octanol–water partition coefficient (Wildman–Crippen LogP) is 4.34. The van der Waals surface area contributed by atoms with Crippen molar-refractivity contribution in [2.45, 2.75) is 88.7 Å². The van der Waals surface area contributed by atoms with Crippen molar-refractivity contribution in [1.29, 1.82) is 0 Å². The highest BCUT2D eigenvalue weighted by molar-refractivity contribution is 7.85. The minimum Gasteiger partial charge on any atom is -0.312 e. The van der Waals surface area contributed by atoms with Crippen molar-refractivity contribution < 1.29 is 18.2 Å². The fraction of sp³-hybridized carbons (Fsp3) is 0.636. The molecule has 1 heterocycles. The summed E-state index contributed by atoms with van der Waals surface area (Å²) in [6.45, 7) is 11.0. The molecule has 0 aromatic heterocycles. The van der Waals surface area contributed by atoms with Gasteiger partial charge in [0.25, 0.3) is 10.1 Å². The van der Waals surface area contributed by atoms with Crippen molar-refractivity contribution >= 4 is 10.1 Å². The zero-order valence-electron chi connectivity index (χ0n) is 18.3. The second-order valence-corrected chi connectivity index (χ2v) is 10.6. The average Bonchev–Trinajstić information content (AvgIpc) is 2.80. The van der Waals surface area contributed by atoms with E-state index in [-0.39, 0.29) is 16.0 Å². The van der Waals surface area contributed by atoms with Crippen molar-refractivity contribution in [3.63, 3.8) is 0 Å². The molecule has 0 radical (unpaired) electrons. The topological polar surface area (TPSA) is 89.9 Å². The molecule has 1 aliphatic heterocycles. The van der Waals surface area contributed by atoms with Gasteiger partial charge in [-0.3, -0.25) is 4.55 Å². The zero-order chi connectivity index (χ0) is 21.9. The van der Waals surface area contributed by atoms with Gasteiger partial charge in [0.2, 0.25) is 0 Å². The molecule has 164 valence electrons. The lowest BCUT2D eigenvalue weighted by Crippen LogP contribution is -2.49. The van der Waals surface area contributed by atoms with Gasteiger partial charge in [-0.2, -0.15) is 13.5 Å². The fourth-order valence-electron chi connectivity index (χ4n) is 4.06. The van der Waals surface area contributed by atoms with Gasteiger partial charge in [-0.05, 0) is 65.2 Å². The van der Waals surface area contributed by atoms with Crippen LogP contribution in [0.4, 0.5) is 0 Å². The Labute approximate surface area is 175 Å². The lowest BCUT2D eigenvalue weighted by molar-refractivity contribution is -0.185. The summed E-state index contributed by atoms with van der Waals surface area (Å²) in [6.07, 6.45) is 8.93. The number of hydrogen-bond donors (Lipinski definition) is 3. The Bertz CT molecular complexity index is 808. The van der Waals surface area contributed by atoms with Crippen LogP contribution in [-0.4, -0.2) is 46.9 Å². The summed E-state index contributed by atoms with van der Waals surface area (Å²) >= 11 is 0. The second kappa shape index (κ2) is 9.27. The van der Waals surface area contributed by atoms with E-state index in [1.807, 2.05) is 6.92 Å². The number of benzene rings is 1. The maximum Gasteiger partial charge on any atom is 0.294 e. The molecule has 0 bridgehead atoms. The maximum absolute atomic E-state index is 10.5. The molecule has 1 fully saturated rings. The summed E-state index contributed by atoms with van der Waals surface area (Å²) < 4.78 is 29.6. The molecule has 2 aliphatic rings. The number of hydrogen-bond acceptors (Lipinski definition) is 5. The van der Waals surface area contributed by atoms with Crippen LogP contribution < -0.4 is 5.32 Å². The van der Waals surface area contributed by atoms with Crippen molar-refractivity contribution in [1.82, 2.24) is 10.4 Å². The molecule has 1 aliphatic carbocycles. The van der Waals surface area contributed by atoms with Crippen LogP contribution in [0.5, 0.6) is 0 Å². The van der Waals surface area contributed by atoms with Crippen LogP contribution >= 0.6 is 0 Å². The molecular formula is C22H36N2O4S. The minimum absolute atomic E-state index is 0.0666. The van der Waals surface area contributed by atoms with Gasteiger partial charge in [-0.25, -0.2) is 0 Å². The van der Waals surface area contributed by atoms with E-state index in [0.717, 1.165) is 12.1 Å². The molecule has 3 rings (SSSR count). The number of nitrogens with one attached hydrogen (secondary N) is 1. The Balaban J connectivity index is 0.000000234. The Kier molecular flexibility index (Phi) is 7.68. The number of rotatable bonds is 4. The molecule has 0 saturated heterocycles. The summed E-state index contributed by atoms with van der Waals surface area (Å²) in [7, 11) is -4.02. The summed E-state index contributed by atoms with van der Waals surface area (Å²) in [5.41, 5.74) is 1.75. The van der Waals surface area contributed by atoms with E-state index >= 15 is 0 Å². The molecule has 0 atom stereocenters. The van der Waals surface area contributed by atoms with E-state index in [2.05, 4.69) is 39.1 Å². The highest BCUT2D eigenvalue weighted by atomic mass is 32.2. The number of aryl methyl sites for hydroxylation is 1. The third-order valence-electron chi connectivity index (χ3n) is 5.89. The van der Waals surface area contributed by atoms with Crippen molar-refractivity contribution in [3.8, 4) is 0 Å². The van der Waals surface area contributed by atoms with E-state index in [4.69, 9.17) is 4.55 Å². The number of hydroxylamine groups is 2. The van der Waals surface area contributed by atoms with Crippen LogP contribution in [-0.2, 0) is 10.1 Å². The summed E-state index contributed by atoms with van der Waals surface area (Å²) in [4.78, 5) is -0.0666. The first-order valence-electron chi connectivity index (χ1n) is 10.3. The largest absolute Gasteiger partial charge is 0.312 e. The highest BCUT2D eigenvalue weighted by Crippen LogP contribution is 2.38. The first-order valence-corrected chi connectivity index (χ1v) is 11.8. The molecule has 1 saturated carbocycles. The van der Waals surface area contributed by atoms with Crippen LogP contribution in [0.25, 0.3) is 0 Å². The van der Waals surface area contributed by atoms with Gasteiger partial charge in [-0.15, -0.1) is 0 Å². The van der Waals surface area contributed by atoms with Gasteiger partial charge >= 0.3 is 0 Å². The lowest BCUT2D eigenvalue weighted by Gasteiger charge is -2.36. The second-order valence-electron chi connectivity index (χ2n) is 9.20. The molecule has 1 aromatic rings. The molecule has 7 heteroatoms. The Hall–Kier alpha value is -1.25. The predicted molar refractivity (Wildman–Crippen MR) is 116 cm³/mol. The zero-order valence-corrected chi connectivity index (χ0v) is 19.1. The summed E-state index contributed by atoms with van der Waals surface area (Å²) in [5, 5.41) is 15.4. The highest BCUT2D eigenvalue weighted by Gasteiger charge is 2.44. The van der Waals surface area contributed by atoms with E-state index < -0.39 is 10.1 Å². The molecular weight excluding hydrogens is 388 g/mol. The molecule has 3 N–H and O–H groups in total. The third-order valence-corrected chi connectivity index (χ3v) is 6.76. The van der Waals surface area contributed by atoms with Crippen LogP contribution in [0.3, 0.4) is 0 Å². The molecule has 6 nitrogen and oxygen atoms in total. The average molecular weight is 425 g/mol. The normalized spacial score (nSPS) is 22.0. The minimum atomic E-state index is -4.02. The van der Waals surface area contributed by atoms with Gasteiger partial charge in [0.15, 0.2) is 0 Å². The van der Waals surface area contributed by atoms with Crippen molar-refractivity contribution in [2.24, 2.45) is 0 Å². The summed E-state index contributed by atoms with van der Waals surface area (Å²) in [5.74, 6) is 0.